The summed E-state index contributed by atoms with van der Waals surface area (Å²) in [6.45, 7) is 5.21. The number of pyridine rings is 1. The predicted octanol–water partition coefficient (Wildman–Crippen LogP) is 2.19. The normalized spacial score (nSPS) is 17.0. The van der Waals surface area contributed by atoms with Gasteiger partial charge in [0, 0.05) is 43.3 Å². The lowest BCUT2D eigenvalue weighted by Gasteiger charge is -2.32. The third-order valence-corrected chi connectivity index (χ3v) is 5.80. The van der Waals surface area contributed by atoms with Crippen LogP contribution in [-0.2, 0) is 16.1 Å². The highest BCUT2D eigenvalue weighted by Crippen LogP contribution is 2.20. The van der Waals surface area contributed by atoms with Gasteiger partial charge in [-0.05, 0) is 38.3 Å². The van der Waals surface area contributed by atoms with Gasteiger partial charge in [-0.25, -0.2) is 4.98 Å². The maximum atomic E-state index is 12.6. The topological polar surface area (TPSA) is 84.3 Å². The summed E-state index contributed by atoms with van der Waals surface area (Å²) < 4.78 is 1.63. The number of aromatic nitrogens is 2. The average Bonchev–Trinajstić information content (AvgIpc) is 2.99. The molecule has 8 heteroatoms. The van der Waals surface area contributed by atoms with Crippen molar-refractivity contribution in [1.29, 1.82) is 0 Å². The average molecular weight is 388 g/mol. The van der Waals surface area contributed by atoms with E-state index in [4.69, 9.17) is 0 Å². The Morgan fingerprint density at radius 3 is 2.89 bits per heavy atom. The molecule has 1 aliphatic heterocycles. The largest absolute Gasteiger partial charge is 0.342 e. The number of hydrogen-bond acceptors (Lipinski definition) is 5. The number of carbonyl (C=O) groups is 2. The van der Waals surface area contributed by atoms with E-state index in [1.54, 1.807) is 21.0 Å². The molecule has 1 atom stereocenters. The summed E-state index contributed by atoms with van der Waals surface area (Å²) in [5, 5.41) is 4.68. The molecule has 7 nitrogen and oxygen atoms in total. The van der Waals surface area contributed by atoms with E-state index in [0.29, 0.717) is 25.5 Å². The van der Waals surface area contributed by atoms with Crippen LogP contribution in [0.1, 0.15) is 30.5 Å². The highest BCUT2D eigenvalue weighted by molar-refractivity contribution is 7.07. The monoisotopic (exact) mass is 388 g/mol. The van der Waals surface area contributed by atoms with E-state index in [0.717, 1.165) is 35.4 Å². The fourth-order valence-electron chi connectivity index (χ4n) is 3.29. The van der Waals surface area contributed by atoms with E-state index in [9.17, 15) is 14.4 Å². The molecule has 0 spiro atoms. The van der Waals surface area contributed by atoms with Gasteiger partial charge < -0.3 is 14.8 Å². The minimum atomic E-state index is -0.241. The van der Waals surface area contributed by atoms with E-state index in [1.165, 1.54) is 0 Å². The molecule has 2 amide bonds. The van der Waals surface area contributed by atoms with E-state index in [2.05, 4.69) is 10.3 Å². The molecule has 3 rings (SSSR count). The van der Waals surface area contributed by atoms with Crippen LogP contribution in [0.5, 0.6) is 0 Å². The van der Waals surface area contributed by atoms with Crippen LogP contribution >= 0.6 is 11.3 Å². The maximum Gasteiger partial charge on any atom is 0.307 e. The molecule has 3 heterocycles. The number of amides is 2. The molecule has 1 fully saturated rings. The van der Waals surface area contributed by atoms with Crippen molar-refractivity contribution in [3.63, 3.8) is 0 Å². The van der Waals surface area contributed by atoms with Gasteiger partial charge in [-0.3, -0.25) is 14.4 Å². The molecule has 27 heavy (non-hydrogen) atoms. The van der Waals surface area contributed by atoms with Gasteiger partial charge >= 0.3 is 4.87 Å². The Morgan fingerprint density at radius 2 is 2.19 bits per heavy atom. The Bertz CT molecular complexity index is 889. The number of likely N-dealkylation sites (tertiary alicyclic amines) is 1. The van der Waals surface area contributed by atoms with Gasteiger partial charge in [0.25, 0.3) is 0 Å². The molecule has 0 radical (unpaired) electrons. The zero-order valence-corrected chi connectivity index (χ0v) is 16.4. The zero-order chi connectivity index (χ0) is 19.4. The van der Waals surface area contributed by atoms with Crippen molar-refractivity contribution in [2.75, 3.05) is 18.4 Å². The van der Waals surface area contributed by atoms with Crippen molar-refractivity contribution in [2.45, 2.75) is 39.7 Å². The summed E-state index contributed by atoms with van der Waals surface area (Å²) in [5.41, 5.74) is 1.78. The Labute approximate surface area is 162 Å². The summed E-state index contributed by atoms with van der Waals surface area (Å²) in [4.78, 5) is 42.8. The van der Waals surface area contributed by atoms with Crippen LogP contribution in [0.15, 0.2) is 28.5 Å². The van der Waals surface area contributed by atoms with E-state index < -0.39 is 0 Å². The number of hydrogen-bond donors (Lipinski definition) is 1. The molecular weight excluding hydrogens is 364 g/mol. The number of carbonyl (C=O) groups excluding carboxylic acids is 2. The first-order valence-corrected chi connectivity index (χ1v) is 9.99. The van der Waals surface area contributed by atoms with Crippen LogP contribution in [0.3, 0.4) is 0 Å². The number of piperidine rings is 1. The number of aryl methyl sites for hydroxylation is 2. The standard InChI is InChI=1S/C19H24N4O3S/c1-13-5-3-8-20-17(13)21-18(25)15-6-4-9-22(11-15)16(24)7-10-23-14(2)12-27-19(23)26/h3,5,8,12,15H,4,6-7,9-11H2,1-2H3,(H,20,21,25). The second-order valence-electron chi connectivity index (χ2n) is 6.88. The number of thiazole rings is 1. The van der Waals surface area contributed by atoms with Gasteiger partial charge in [0.05, 0.1) is 5.92 Å². The molecule has 0 aliphatic carbocycles. The van der Waals surface area contributed by atoms with Gasteiger partial charge in [-0.1, -0.05) is 17.4 Å². The van der Waals surface area contributed by atoms with Gasteiger partial charge in [0.1, 0.15) is 5.82 Å². The van der Waals surface area contributed by atoms with Crippen LogP contribution in [0.2, 0.25) is 0 Å². The number of anilines is 1. The first kappa shape index (κ1) is 19.3. The fraction of sp³-hybridized carbons (Fsp3) is 0.474. The number of rotatable bonds is 5. The fourth-order valence-corrected chi connectivity index (χ4v) is 4.05. The van der Waals surface area contributed by atoms with Gasteiger partial charge in [-0.15, -0.1) is 0 Å². The quantitative estimate of drug-likeness (QED) is 0.851. The predicted molar refractivity (Wildman–Crippen MR) is 105 cm³/mol. The van der Waals surface area contributed by atoms with Crippen molar-refractivity contribution in [1.82, 2.24) is 14.5 Å². The van der Waals surface area contributed by atoms with Gasteiger partial charge in [0.15, 0.2) is 0 Å². The minimum Gasteiger partial charge on any atom is -0.342 e. The van der Waals surface area contributed by atoms with Crippen LogP contribution < -0.4 is 10.2 Å². The summed E-state index contributed by atoms with van der Waals surface area (Å²) in [6.07, 6.45) is 3.46. The summed E-state index contributed by atoms with van der Waals surface area (Å²) >= 11 is 1.15. The summed E-state index contributed by atoms with van der Waals surface area (Å²) in [5.74, 6) is 0.214. The second kappa shape index (κ2) is 8.47. The van der Waals surface area contributed by atoms with Crippen molar-refractivity contribution >= 4 is 29.0 Å². The molecule has 1 unspecified atom stereocenters. The molecule has 144 valence electrons. The summed E-state index contributed by atoms with van der Waals surface area (Å²) in [6, 6.07) is 3.72. The first-order valence-electron chi connectivity index (χ1n) is 9.11. The lowest BCUT2D eigenvalue weighted by molar-refractivity contribution is -0.134. The lowest BCUT2D eigenvalue weighted by atomic mass is 9.96. The molecule has 1 saturated heterocycles. The highest BCUT2D eigenvalue weighted by Gasteiger charge is 2.28. The van der Waals surface area contributed by atoms with E-state index in [-0.39, 0.29) is 29.0 Å². The van der Waals surface area contributed by atoms with Crippen molar-refractivity contribution in [2.24, 2.45) is 5.92 Å². The minimum absolute atomic E-state index is 0.0148. The third-order valence-electron chi connectivity index (χ3n) is 4.92. The Morgan fingerprint density at radius 1 is 1.37 bits per heavy atom. The van der Waals surface area contributed by atoms with Crippen molar-refractivity contribution in [3.05, 3.63) is 44.6 Å². The summed E-state index contributed by atoms with van der Waals surface area (Å²) in [7, 11) is 0. The van der Waals surface area contributed by atoms with Crippen molar-refractivity contribution < 1.29 is 9.59 Å². The molecule has 1 aliphatic rings. The van der Waals surface area contributed by atoms with Crippen LogP contribution in [-0.4, -0.2) is 39.4 Å². The molecule has 0 aromatic carbocycles. The Kier molecular flexibility index (Phi) is 6.05. The second-order valence-corrected chi connectivity index (χ2v) is 7.70. The zero-order valence-electron chi connectivity index (χ0n) is 15.6. The smallest absolute Gasteiger partial charge is 0.307 e. The van der Waals surface area contributed by atoms with Crippen LogP contribution in [0, 0.1) is 19.8 Å². The van der Waals surface area contributed by atoms with E-state index in [1.807, 2.05) is 26.0 Å². The first-order chi connectivity index (χ1) is 13.0. The number of nitrogens with zero attached hydrogens (tertiary/aromatic N) is 3. The van der Waals surface area contributed by atoms with E-state index >= 15 is 0 Å². The van der Waals surface area contributed by atoms with Crippen molar-refractivity contribution in [3.8, 4) is 0 Å². The SMILES string of the molecule is Cc1cccnc1NC(=O)C1CCCN(C(=O)CCn2c(C)csc2=O)C1. The van der Waals surface area contributed by atoms with Crippen LogP contribution in [0.25, 0.3) is 0 Å². The molecule has 1 N–H and O–H groups in total. The Hall–Kier alpha value is -2.48. The molecule has 0 saturated carbocycles. The number of nitrogens with one attached hydrogen (secondary N) is 1. The molecule has 2 aromatic heterocycles. The molecule has 0 bridgehead atoms. The van der Waals surface area contributed by atoms with Gasteiger partial charge in [0.2, 0.25) is 11.8 Å². The van der Waals surface area contributed by atoms with Crippen LogP contribution in [0.4, 0.5) is 5.82 Å². The molecule has 2 aromatic rings. The third kappa shape index (κ3) is 4.63. The Balaban J connectivity index is 1.57. The molecular formula is C19H24N4O3S. The lowest BCUT2D eigenvalue weighted by Crippen LogP contribution is -2.44. The highest BCUT2D eigenvalue weighted by atomic mass is 32.1. The van der Waals surface area contributed by atoms with Gasteiger partial charge in [-0.2, -0.15) is 0 Å². The maximum absolute atomic E-state index is 12.6.